The van der Waals surface area contributed by atoms with Crippen LogP contribution >= 0.6 is 23.4 Å². The molecule has 12 heteroatoms. The second-order valence-corrected chi connectivity index (χ2v) is 9.77. The number of benzene rings is 2. The minimum Gasteiger partial charge on any atom is -0.491 e. The smallest absolute Gasteiger partial charge is 0.226 e. The summed E-state index contributed by atoms with van der Waals surface area (Å²) in [5.41, 5.74) is 2.62. The summed E-state index contributed by atoms with van der Waals surface area (Å²) in [7, 11) is 0. The fourth-order valence-electron chi connectivity index (χ4n) is 3.70. The molecule has 0 unspecified atom stereocenters. The Hall–Kier alpha value is -4.10. The lowest BCUT2D eigenvalue weighted by Gasteiger charge is -2.17. The molecule has 0 radical (unpaired) electrons. The second-order valence-electron chi connectivity index (χ2n) is 8.37. The van der Waals surface area contributed by atoms with Gasteiger partial charge in [-0.15, -0.1) is 0 Å². The van der Waals surface area contributed by atoms with E-state index in [0.717, 1.165) is 5.56 Å². The van der Waals surface area contributed by atoms with Gasteiger partial charge in [0.15, 0.2) is 0 Å². The Morgan fingerprint density at radius 3 is 2.35 bits per heavy atom. The third kappa shape index (κ3) is 6.90. The maximum absolute atomic E-state index is 10.2. The number of nitrogens with zero attached hydrogens (tertiary/aromatic N) is 4. The Morgan fingerprint density at radius 2 is 1.70 bits per heavy atom. The van der Waals surface area contributed by atoms with E-state index < -0.39 is 12.7 Å². The van der Waals surface area contributed by atoms with Crippen LogP contribution in [0.25, 0.3) is 22.6 Å². The first kappa shape index (κ1) is 28.9. The highest BCUT2D eigenvalue weighted by Gasteiger charge is 2.23. The maximum Gasteiger partial charge on any atom is 0.226 e. The van der Waals surface area contributed by atoms with Gasteiger partial charge in [-0.1, -0.05) is 35.5 Å². The van der Waals surface area contributed by atoms with Crippen molar-refractivity contribution in [3.63, 3.8) is 0 Å². The van der Waals surface area contributed by atoms with Gasteiger partial charge in [-0.2, -0.15) is 10.5 Å². The number of rotatable bonds is 12. The molecular formula is C28H24ClN5O5S. The molecule has 0 saturated heterocycles. The van der Waals surface area contributed by atoms with E-state index in [9.17, 15) is 20.7 Å². The van der Waals surface area contributed by atoms with E-state index in [-0.39, 0.29) is 36.7 Å². The first-order valence-corrected chi connectivity index (χ1v) is 13.4. The molecule has 0 aliphatic heterocycles. The summed E-state index contributed by atoms with van der Waals surface area (Å²) in [6, 6.07) is 18.2. The quantitative estimate of drug-likeness (QED) is 0.178. The molecule has 10 nitrogen and oxygen atoms in total. The zero-order chi connectivity index (χ0) is 28.5. The van der Waals surface area contributed by atoms with Gasteiger partial charge in [-0.3, -0.25) is 0 Å². The summed E-state index contributed by atoms with van der Waals surface area (Å²) >= 11 is 7.20. The van der Waals surface area contributed by atoms with E-state index >= 15 is 0 Å². The third-order valence-electron chi connectivity index (χ3n) is 5.61. The maximum atomic E-state index is 10.2. The molecule has 0 amide bonds. The van der Waals surface area contributed by atoms with Crippen molar-refractivity contribution in [3.8, 4) is 40.5 Å². The molecule has 40 heavy (non-hydrogen) atoms. The lowest BCUT2D eigenvalue weighted by atomic mass is 9.96. The first-order valence-electron chi connectivity index (χ1n) is 12.1. The molecular weight excluding hydrogens is 554 g/mol. The van der Waals surface area contributed by atoms with Crippen LogP contribution in [-0.2, 0) is 5.75 Å². The molecule has 0 saturated carbocycles. The van der Waals surface area contributed by atoms with Crippen molar-refractivity contribution in [1.82, 2.24) is 9.97 Å². The first-order chi connectivity index (χ1) is 19.5. The summed E-state index contributed by atoms with van der Waals surface area (Å²) in [6.45, 7) is -0.539. The van der Waals surface area contributed by atoms with Crippen molar-refractivity contribution in [2.24, 2.45) is 0 Å². The van der Waals surface area contributed by atoms with E-state index in [4.69, 9.17) is 25.9 Å². The fourth-order valence-corrected chi connectivity index (χ4v) is 4.69. The van der Waals surface area contributed by atoms with E-state index in [1.807, 2.05) is 0 Å². The van der Waals surface area contributed by atoms with Gasteiger partial charge < -0.3 is 29.8 Å². The number of ether oxygens (including phenoxy) is 1. The number of aliphatic hydroxyl groups excluding tert-OH is 3. The Kier molecular flexibility index (Phi) is 9.97. The molecule has 204 valence electrons. The lowest BCUT2D eigenvalue weighted by molar-refractivity contribution is 0.105. The van der Waals surface area contributed by atoms with Crippen molar-refractivity contribution in [2.45, 2.75) is 16.9 Å². The number of thioether (sulfide) groups is 1. The molecule has 0 aliphatic carbocycles. The minimum absolute atomic E-state index is 0.0602. The van der Waals surface area contributed by atoms with Crippen molar-refractivity contribution >= 4 is 29.2 Å². The van der Waals surface area contributed by atoms with Gasteiger partial charge in [-0.05, 0) is 42.0 Å². The highest BCUT2D eigenvalue weighted by atomic mass is 35.5. The standard InChI is InChI=1S/C28H24ClN5O5S/c29-19-5-1-18(2-6-19)27-33-20(15-39-27)16-40-28-24(12-31)25(17-3-7-22(8-4-17)38-10-9-35)23(11-30)26(34-28)32-13-21(37)14-36/h1-8,15,21,35-37H,9-10,13-14,16H2,(H,32,34)/t21-/m1/s1. The van der Waals surface area contributed by atoms with Crippen LogP contribution in [0.4, 0.5) is 5.82 Å². The molecule has 2 aromatic carbocycles. The molecule has 2 heterocycles. The number of hydrogen-bond acceptors (Lipinski definition) is 11. The van der Waals surface area contributed by atoms with Crippen LogP contribution in [0.3, 0.4) is 0 Å². The van der Waals surface area contributed by atoms with Crippen molar-refractivity contribution < 1.29 is 24.5 Å². The molecule has 4 N–H and O–H groups in total. The zero-order valence-electron chi connectivity index (χ0n) is 21.0. The van der Waals surface area contributed by atoms with E-state index in [1.165, 1.54) is 18.0 Å². The number of anilines is 1. The molecule has 4 rings (SSSR count). The number of hydrogen-bond donors (Lipinski definition) is 4. The van der Waals surface area contributed by atoms with Crippen molar-refractivity contribution in [3.05, 3.63) is 76.6 Å². The monoisotopic (exact) mass is 577 g/mol. The Bertz CT molecular complexity index is 1530. The topological polar surface area (TPSA) is 168 Å². The largest absolute Gasteiger partial charge is 0.491 e. The Balaban J connectivity index is 1.70. The van der Waals surface area contributed by atoms with Crippen molar-refractivity contribution in [1.29, 1.82) is 10.5 Å². The van der Waals surface area contributed by atoms with Crippen molar-refractivity contribution in [2.75, 3.05) is 31.7 Å². The summed E-state index contributed by atoms with van der Waals surface area (Å²) in [5.74, 6) is 1.42. The number of nitriles is 2. The summed E-state index contributed by atoms with van der Waals surface area (Å²) in [4.78, 5) is 9.06. The van der Waals surface area contributed by atoms with E-state index in [0.29, 0.717) is 44.3 Å². The van der Waals surface area contributed by atoms with Crippen LogP contribution in [0.2, 0.25) is 5.02 Å². The number of halogens is 1. The third-order valence-corrected chi connectivity index (χ3v) is 6.87. The summed E-state index contributed by atoms with van der Waals surface area (Å²) in [6.07, 6.45) is 0.447. The molecule has 0 bridgehead atoms. The number of nitrogens with one attached hydrogen (secondary N) is 1. The normalized spacial score (nSPS) is 11.4. The van der Waals surface area contributed by atoms with Crippen LogP contribution in [0, 0.1) is 22.7 Å². The predicted octanol–water partition coefficient (Wildman–Crippen LogP) is 4.23. The van der Waals surface area contributed by atoms with Crippen LogP contribution < -0.4 is 10.1 Å². The Morgan fingerprint density at radius 1 is 1.00 bits per heavy atom. The molecule has 0 spiro atoms. The molecule has 1 atom stereocenters. The predicted molar refractivity (Wildman–Crippen MR) is 150 cm³/mol. The van der Waals surface area contributed by atoms with Gasteiger partial charge in [0.2, 0.25) is 5.89 Å². The minimum atomic E-state index is -1.08. The summed E-state index contributed by atoms with van der Waals surface area (Å²) < 4.78 is 11.0. The van der Waals surface area contributed by atoms with E-state index in [1.54, 1.807) is 48.5 Å². The second kappa shape index (κ2) is 13.8. The molecule has 0 fully saturated rings. The number of oxazole rings is 1. The van der Waals surface area contributed by atoms with Gasteiger partial charge in [0.25, 0.3) is 0 Å². The van der Waals surface area contributed by atoms with Gasteiger partial charge in [-0.25, -0.2) is 9.97 Å². The van der Waals surface area contributed by atoms with Crippen LogP contribution in [-0.4, -0.2) is 57.8 Å². The van der Waals surface area contributed by atoms with Gasteiger partial charge in [0.05, 0.1) is 30.6 Å². The number of aromatic nitrogens is 2. The number of pyridine rings is 1. The van der Waals surface area contributed by atoms with Crippen LogP contribution in [0.15, 0.2) is 64.2 Å². The molecule has 4 aromatic rings. The van der Waals surface area contributed by atoms with Gasteiger partial charge >= 0.3 is 0 Å². The van der Waals surface area contributed by atoms with Crippen LogP contribution in [0.5, 0.6) is 5.75 Å². The van der Waals surface area contributed by atoms with E-state index in [2.05, 4.69) is 27.4 Å². The Labute approximate surface area is 239 Å². The highest BCUT2D eigenvalue weighted by molar-refractivity contribution is 7.98. The number of aliphatic hydroxyl groups is 3. The average Bonchev–Trinajstić information content (AvgIpc) is 3.46. The van der Waals surface area contributed by atoms with Crippen LogP contribution in [0.1, 0.15) is 16.8 Å². The average molecular weight is 578 g/mol. The van der Waals surface area contributed by atoms with Gasteiger partial charge in [0.1, 0.15) is 47.2 Å². The molecule has 2 aromatic heterocycles. The SMILES string of the molecule is N#Cc1c(NC[C@@H](O)CO)nc(SCc2coc(-c3ccc(Cl)cc3)n2)c(C#N)c1-c1ccc(OCCO)cc1. The lowest BCUT2D eigenvalue weighted by Crippen LogP contribution is -2.24. The highest BCUT2D eigenvalue weighted by Crippen LogP contribution is 2.38. The summed E-state index contributed by atoms with van der Waals surface area (Å²) in [5, 5.41) is 52.2. The zero-order valence-corrected chi connectivity index (χ0v) is 22.6. The molecule has 0 aliphatic rings. The fraction of sp³-hybridized carbons (Fsp3) is 0.214. The van der Waals surface area contributed by atoms with Gasteiger partial charge in [0, 0.05) is 28.4 Å².